The zero-order chi connectivity index (χ0) is 15.2. The van der Waals surface area contributed by atoms with Gasteiger partial charge in [0.25, 0.3) is 5.56 Å². The lowest BCUT2D eigenvalue weighted by Crippen LogP contribution is -2.32. The highest BCUT2D eigenvalue weighted by molar-refractivity contribution is 9.10. The van der Waals surface area contributed by atoms with Gasteiger partial charge in [-0.05, 0) is 25.2 Å². The molecule has 2 N–H and O–H groups in total. The van der Waals surface area contributed by atoms with Crippen LogP contribution in [0.5, 0.6) is 0 Å². The topological polar surface area (TPSA) is 76.0 Å². The highest BCUT2D eigenvalue weighted by Crippen LogP contribution is 2.14. The van der Waals surface area contributed by atoms with Gasteiger partial charge in [-0.1, -0.05) is 15.9 Å². The average Bonchev–Trinajstić information content (AvgIpc) is 2.47. The van der Waals surface area contributed by atoms with Crippen molar-refractivity contribution in [2.75, 3.05) is 20.1 Å². The summed E-state index contributed by atoms with van der Waals surface area (Å²) in [5.74, 6) is -0.0773. The smallest absolute Gasteiger partial charge is 0.261 e. The summed E-state index contributed by atoms with van der Waals surface area (Å²) in [6, 6.07) is 5.37. The number of hydrogen-bond donors (Lipinski definition) is 2. The standard InChI is InChI=1S/C14H17BrN4O2/c1-16-5-6-17-13(20)4-7-19-9-18-12-3-2-10(15)8-11(12)14(19)21/h2-3,8-9,16H,4-7H2,1H3,(H,17,20). The van der Waals surface area contributed by atoms with Gasteiger partial charge < -0.3 is 10.6 Å². The molecule has 1 amide bonds. The number of carbonyl (C=O) groups excluding carboxylic acids is 1. The van der Waals surface area contributed by atoms with Crippen LogP contribution < -0.4 is 16.2 Å². The summed E-state index contributed by atoms with van der Waals surface area (Å²) in [6.07, 6.45) is 1.74. The second kappa shape index (κ2) is 7.33. The van der Waals surface area contributed by atoms with Gasteiger partial charge in [0.2, 0.25) is 5.91 Å². The lowest BCUT2D eigenvalue weighted by atomic mass is 10.2. The molecule has 112 valence electrons. The SMILES string of the molecule is CNCCNC(=O)CCn1cnc2ccc(Br)cc2c1=O. The van der Waals surface area contributed by atoms with Gasteiger partial charge in [-0.15, -0.1) is 0 Å². The lowest BCUT2D eigenvalue weighted by Gasteiger charge is -2.07. The van der Waals surface area contributed by atoms with E-state index in [9.17, 15) is 9.59 Å². The molecule has 0 saturated carbocycles. The first-order valence-corrected chi connectivity index (χ1v) is 7.47. The Kier molecular flexibility index (Phi) is 5.46. The fourth-order valence-electron chi connectivity index (χ4n) is 1.93. The Morgan fingerprint density at radius 3 is 2.95 bits per heavy atom. The van der Waals surface area contributed by atoms with E-state index < -0.39 is 0 Å². The molecule has 2 aromatic rings. The van der Waals surface area contributed by atoms with Gasteiger partial charge in [0.15, 0.2) is 0 Å². The molecule has 0 spiro atoms. The van der Waals surface area contributed by atoms with Crippen LogP contribution in [0.25, 0.3) is 10.9 Å². The predicted octanol–water partition coefficient (Wildman–Crippen LogP) is 0.885. The zero-order valence-electron chi connectivity index (χ0n) is 11.7. The van der Waals surface area contributed by atoms with Gasteiger partial charge in [-0.3, -0.25) is 14.2 Å². The van der Waals surface area contributed by atoms with Crippen LogP contribution in [-0.2, 0) is 11.3 Å². The number of rotatable bonds is 6. The maximum atomic E-state index is 12.3. The minimum Gasteiger partial charge on any atom is -0.355 e. The van der Waals surface area contributed by atoms with E-state index in [1.807, 2.05) is 13.1 Å². The van der Waals surface area contributed by atoms with Crippen molar-refractivity contribution < 1.29 is 4.79 Å². The largest absolute Gasteiger partial charge is 0.355 e. The Balaban J connectivity index is 2.07. The maximum Gasteiger partial charge on any atom is 0.261 e. The van der Waals surface area contributed by atoms with Crippen molar-refractivity contribution in [3.05, 3.63) is 39.4 Å². The fourth-order valence-corrected chi connectivity index (χ4v) is 2.29. The van der Waals surface area contributed by atoms with Crippen molar-refractivity contribution in [2.45, 2.75) is 13.0 Å². The lowest BCUT2D eigenvalue weighted by molar-refractivity contribution is -0.121. The number of aromatic nitrogens is 2. The molecule has 0 aliphatic carbocycles. The molecule has 7 heteroatoms. The summed E-state index contributed by atoms with van der Waals surface area (Å²) in [7, 11) is 1.82. The molecular formula is C14H17BrN4O2. The van der Waals surface area contributed by atoms with Crippen molar-refractivity contribution in [2.24, 2.45) is 0 Å². The van der Waals surface area contributed by atoms with Crippen molar-refractivity contribution in [3.8, 4) is 0 Å². The first-order chi connectivity index (χ1) is 10.1. The van der Waals surface area contributed by atoms with Gasteiger partial charge >= 0.3 is 0 Å². The Morgan fingerprint density at radius 1 is 1.38 bits per heavy atom. The molecule has 2 rings (SSSR count). The van der Waals surface area contributed by atoms with Crippen molar-refractivity contribution >= 4 is 32.7 Å². The molecule has 1 heterocycles. The van der Waals surface area contributed by atoms with Gasteiger partial charge in [0.05, 0.1) is 17.2 Å². The third-order valence-corrected chi connectivity index (χ3v) is 3.56. The Bertz CT molecular complexity index is 699. The van der Waals surface area contributed by atoms with Crippen molar-refractivity contribution in [1.29, 1.82) is 0 Å². The van der Waals surface area contributed by atoms with Gasteiger partial charge in [-0.25, -0.2) is 4.98 Å². The van der Waals surface area contributed by atoms with E-state index >= 15 is 0 Å². The van der Waals surface area contributed by atoms with Gasteiger partial charge in [0, 0.05) is 30.5 Å². The molecule has 0 atom stereocenters. The molecule has 1 aromatic heterocycles. The Morgan fingerprint density at radius 2 is 2.19 bits per heavy atom. The van der Waals surface area contributed by atoms with E-state index in [1.54, 1.807) is 12.1 Å². The van der Waals surface area contributed by atoms with Crippen LogP contribution in [0.3, 0.4) is 0 Å². The first-order valence-electron chi connectivity index (χ1n) is 6.68. The quantitative estimate of drug-likeness (QED) is 0.757. The van der Waals surface area contributed by atoms with Crippen LogP contribution >= 0.6 is 15.9 Å². The van der Waals surface area contributed by atoms with Gasteiger partial charge in [0.1, 0.15) is 0 Å². The fraction of sp³-hybridized carbons (Fsp3) is 0.357. The summed E-state index contributed by atoms with van der Waals surface area (Å²) in [4.78, 5) is 28.2. The number of likely N-dealkylation sites (N-methyl/N-ethyl adjacent to an activating group) is 1. The van der Waals surface area contributed by atoms with Crippen LogP contribution in [0.1, 0.15) is 6.42 Å². The summed E-state index contributed by atoms with van der Waals surface area (Å²) in [5.41, 5.74) is 0.516. The summed E-state index contributed by atoms with van der Waals surface area (Å²) in [6.45, 7) is 1.62. The molecule has 0 unspecified atom stereocenters. The number of benzene rings is 1. The monoisotopic (exact) mass is 352 g/mol. The van der Waals surface area contributed by atoms with E-state index in [1.165, 1.54) is 10.9 Å². The molecule has 0 fully saturated rings. The number of nitrogens with zero attached hydrogens (tertiary/aromatic N) is 2. The van der Waals surface area contributed by atoms with E-state index in [-0.39, 0.29) is 17.9 Å². The summed E-state index contributed by atoms with van der Waals surface area (Å²) < 4.78 is 2.29. The first kappa shape index (κ1) is 15.7. The maximum absolute atomic E-state index is 12.3. The molecule has 0 aliphatic rings. The number of aryl methyl sites for hydroxylation is 1. The number of hydrogen-bond acceptors (Lipinski definition) is 4. The van der Waals surface area contributed by atoms with E-state index in [0.29, 0.717) is 24.0 Å². The van der Waals surface area contributed by atoms with Crippen LogP contribution in [0.4, 0.5) is 0 Å². The predicted molar refractivity (Wildman–Crippen MR) is 85.3 cm³/mol. The Hall–Kier alpha value is -1.73. The Labute approximate surface area is 130 Å². The average molecular weight is 353 g/mol. The van der Waals surface area contributed by atoms with Crippen LogP contribution in [0.2, 0.25) is 0 Å². The van der Waals surface area contributed by atoms with Crippen LogP contribution in [-0.4, -0.2) is 35.6 Å². The minimum atomic E-state index is -0.135. The number of amides is 1. The van der Waals surface area contributed by atoms with E-state index in [0.717, 1.165) is 11.0 Å². The van der Waals surface area contributed by atoms with Crippen LogP contribution in [0.15, 0.2) is 33.8 Å². The molecule has 0 saturated heterocycles. The molecule has 6 nitrogen and oxygen atoms in total. The molecule has 0 bridgehead atoms. The highest BCUT2D eigenvalue weighted by atomic mass is 79.9. The molecule has 1 aromatic carbocycles. The summed E-state index contributed by atoms with van der Waals surface area (Å²) >= 11 is 3.34. The highest BCUT2D eigenvalue weighted by Gasteiger charge is 2.06. The second-order valence-corrected chi connectivity index (χ2v) is 5.52. The van der Waals surface area contributed by atoms with E-state index in [2.05, 4.69) is 31.5 Å². The minimum absolute atomic E-state index is 0.0773. The number of halogens is 1. The summed E-state index contributed by atoms with van der Waals surface area (Å²) in [5, 5.41) is 6.27. The zero-order valence-corrected chi connectivity index (χ0v) is 13.3. The third-order valence-electron chi connectivity index (χ3n) is 3.06. The number of fused-ring (bicyclic) bond motifs is 1. The second-order valence-electron chi connectivity index (χ2n) is 4.61. The number of nitrogens with one attached hydrogen (secondary N) is 2. The third kappa shape index (κ3) is 4.12. The number of carbonyl (C=O) groups is 1. The van der Waals surface area contributed by atoms with Gasteiger partial charge in [-0.2, -0.15) is 0 Å². The normalized spacial score (nSPS) is 10.8. The molecule has 0 aliphatic heterocycles. The molecular weight excluding hydrogens is 336 g/mol. The van der Waals surface area contributed by atoms with E-state index in [4.69, 9.17) is 0 Å². The molecule has 21 heavy (non-hydrogen) atoms. The molecule has 0 radical (unpaired) electrons. The van der Waals surface area contributed by atoms with Crippen molar-refractivity contribution in [3.63, 3.8) is 0 Å². The van der Waals surface area contributed by atoms with Crippen LogP contribution in [0, 0.1) is 0 Å². The van der Waals surface area contributed by atoms with Crippen molar-refractivity contribution in [1.82, 2.24) is 20.2 Å².